The third-order valence-corrected chi connectivity index (χ3v) is 5.75. The Kier molecular flexibility index (Phi) is 6.26. The number of hydrogen-bond donors (Lipinski definition) is 3. The van der Waals surface area contributed by atoms with Gasteiger partial charge >= 0.3 is 0 Å². The molecule has 0 aromatic carbocycles. The molecule has 1 aliphatic rings. The number of rotatable bonds is 7. The van der Waals surface area contributed by atoms with Crippen molar-refractivity contribution in [3.05, 3.63) is 0 Å². The molecule has 6 nitrogen and oxygen atoms in total. The Labute approximate surface area is 121 Å². The molecule has 0 radical (unpaired) electrons. The highest BCUT2D eigenvalue weighted by Gasteiger charge is 2.25. The first-order chi connectivity index (χ1) is 9.27. The number of hydrogen-bond acceptors (Lipinski definition) is 5. The predicted octanol–water partition coefficient (Wildman–Crippen LogP) is 1.10. The van der Waals surface area contributed by atoms with Gasteiger partial charge in [-0.15, -0.1) is 0 Å². The summed E-state index contributed by atoms with van der Waals surface area (Å²) in [7, 11) is -2.84. The minimum atomic E-state index is -2.84. The van der Waals surface area contributed by atoms with E-state index in [4.69, 9.17) is 10.9 Å². The first kappa shape index (κ1) is 17.2. The van der Waals surface area contributed by atoms with E-state index >= 15 is 0 Å². The molecule has 0 spiro atoms. The minimum absolute atomic E-state index is 0.103. The smallest absolute Gasteiger partial charge is 0.151 e. The van der Waals surface area contributed by atoms with Crippen LogP contribution in [0.3, 0.4) is 0 Å². The number of nitrogens with one attached hydrogen (secondary N) is 1. The van der Waals surface area contributed by atoms with Crippen LogP contribution < -0.4 is 11.1 Å². The Balaban J connectivity index is 2.20. The van der Waals surface area contributed by atoms with Crippen molar-refractivity contribution in [2.24, 2.45) is 16.3 Å². The molecule has 1 atom stereocenters. The maximum Gasteiger partial charge on any atom is 0.151 e. The zero-order valence-electron chi connectivity index (χ0n) is 12.4. The van der Waals surface area contributed by atoms with Gasteiger partial charge in [-0.1, -0.05) is 25.4 Å². The van der Waals surface area contributed by atoms with Crippen LogP contribution in [-0.2, 0) is 9.84 Å². The normalized spacial score (nSPS) is 23.7. The fraction of sp³-hybridized carbons (Fsp3) is 0.923. The van der Waals surface area contributed by atoms with Gasteiger partial charge in [-0.3, -0.25) is 0 Å². The predicted molar refractivity (Wildman–Crippen MR) is 80.7 cm³/mol. The zero-order valence-corrected chi connectivity index (χ0v) is 13.2. The molecule has 7 heteroatoms. The van der Waals surface area contributed by atoms with Gasteiger partial charge in [0, 0.05) is 11.5 Å². The molecule has 4 N–H and O–H groups in total. The van der Waals surface area contributed by atoms with Gasteiger partial charge in [0.2, 0.25) is 0 Å². The summed E-state index contributed by atoms with van der Waals surface area (Å²) in [5.41, 5.74) is 5.33. The Morgan fingerprint density at radius 3 is 2.75 bits per heavy atom. The third-order valence-electron chi connectivity index (χ3n) is 3.93. The highest BCUT2D eigenvalue weighted by molar-refractivity contribution is 7.91. The van der Waals surface area contributed by atoms with E-state index in [2.05, 4.69) is 10.5 Å². The van der Waals surface area contributed by atoms with Gasteiger partial charge in [-0.25, -0.2) is 8.42 Å². The van der Waals surface area contributed by atoms with Gasteiger partial charge in [0.05, 0.1) is 11.5 Å². The lowest BCUT2D eigenvalue weighted by Gasteiger charge is -2.24. The van der Waals surface area contributed by atoms with Crippen LogP contribution in [0, 0.1) is 5.41 Å². The van der Waals surface area contributed by atoms with Crippen LogP contribution in [0.4, 0.5) is 0 Å². The molecule has 1 rings (SSSR count). The maximum absolute atomic E-state index is 11.5. The number of nitrogens with two attached hydrogens (primary N) is 1. The molecule has 1 saturated heterocycles. The maximum atomic E-state index is 11.5. The molecule has 0 aromatic heterocycles. The van der Waals surface area contributed by atoms with E-state index in [1.807, 2.05) is 13.8 Å². The van der Waals surface area contributed by atoms with Crippen LogP contribution in [0.15, 0.2) is 5.16 Å². The fourth-order valence-corrected chi connectivity index (χ4v) is 4.12. The second-order valence-electron chi connectivity index (χ2n) is 6.23. The highest BCUT2D eigenvalue weighted by atomic mass is 32.2. The quantitative estimate of drug-likeness (QED) is 0.215. The Bertz CT molecular complexity index is 432. The van der Waals surface area contributed by atoms with Crippen LogP contribution in [-0.4, -0.2) is 43.6 Å². The molecular weight excluding hydrogens is 278 g/mol. The first-order valence-corrected chi connectivity index (χ1v) is 9.01. The van der Waals surface area contributed by atoms with Crippen LogP contribution in [0.1, 0.15) is 46.0 Å². The average molecular weight is 305 g/mol. The van der Waals surface area contributed by atoms with Crippen molar-refractivity contribution in [1.29, 1.82) is 0 Å². The van der Waals surface area contributed by atoms with Crippen molar-refractivity contribution >= 4 is 15.7 Å². The summed E-state index contributed by atoms with van der Waals surface area (Å²) in [6.45, 7) is 4.71. The topological polar surface area (TPSA) is 105 Å². The van der Waals surface area contributed by atoms with E-state index in [1.54, 1.807) is 0 Å². The average Bonchev–Trinajstić information content (AvgIpc) is 2.36. The molecule has 0 aliphatic carbocycles. The molecule has 1 unspecified atom stereocenters. The molecular formula is C13H27N3O3S. The summed E-state index contributed by atoms with van der Waals surface area (Å²) in [6, 6.07) is 0.103. The highest BCUT2D eigenvalue weighted by Crippen LogP contribution is 2.23. The number of amidine groups is 1. The van der Waals surface area contributed by atoms with E-state index in [0.29, 0.717) is 5.75 Å². The van der Waals surface area contributed by atoms with Gasteiger partial charge in [0.1, 0.15) is 5.84 Å². The SMILES string of the molecule is CC(C)(CCCCNC1CCCS(=O)(=O)C1)C(N)=NO. The number of nitrogens with zero attached hydrogens (tertiary/aromatic N) is 1. The lowest BCUT2D eigenvalue weighted by molar-refractivity contribution is 0.304. The largest absolute Gasteiger partial charge is 0.409 e. The van der Waals surface area contributed by atoms with Crippen molar-refractivity contribution in [3.63, 3.8) is 0 Å². The molecule has 0 bridgehead atoms. The van der Waals surface area contributed by atoms with E-state index in [1.165, 1.54) is 0 Å². The van der Waals surface area contributed by atoms with Crippen LogP contribution in [0.25, 0.3) is 0 Å². The standard InChI is InChI=1S/C13H27N3O3S/c1-13(2,12(14)16-17)7-3-4-8-15-11-6-5-9-20(18,19)10-11/h11,15,17H,3-10H2,1-2H3,(H2,14,16). The van der Waals surface area contributed by atoms with Gasteiger partial charge in [-0.05, 0) is 32.2 Å². The third kappa shape index (κ3) is 5.66. The van der Waals surface area contributed by atoms with Gasteiger partial charge in [-0.2, -0.15) is 0 Å². The lowest BCUT2D eigenvalue weighted by atomic mass is 9.86. The Morgan fingerprint density at radius 2 is 2.15 bits per heavy atom. The lowest BCUT2D eigenvalue weighted by Crippen LogP contribution is -2.40. The second kappa shape index (κ2) is 7.26. The van der Waals surface area contributed by atoms with Crippen LogP contribution >= 0.6 is 0 Å². The molecule has 20 heavy (non-hydrogen) atoms. The van der Waals surface area contributed by atoms with Crippen molar-refractivity contribution in [3.8, 4) is 0 Å². The molecule has 0 aromatic rings. The Hall–Kier alpha value is -0.820. The van der Waals surface area contributed by atoms with Gasteiger partial charge in [0.25, 0.3) is 0 Å². The van der Waals surface area contributed by atoms with Gasteiger partial charge < -0.3 is 16.3 Å². The van der Waals surface area contributed by atoms with Crippen molar-refractivity contribution in [1.82, 2.24) is 5.32 Å². The fourth-order valence-electron chi connectivity index (χ4n) is 2.45. The molecule has 0 amide bonds. The summed E-state index contributed by atoms with van der Waals surface area (Å²) in [6.07, 6.45) is 4.45. The van der Waals surface area contributed by atoms with E-state index in [9.17, 15) is 8.42 Å². The van der Waals surface area contributed by atoms with E-state index in [0.717, 1.165) is 38.6 Å². The Morgan fingerprint density at radius 1 is 1.45 bits per heavy atom. The molecule has 118 valence electrons. The van der Waals surface area contributed by atoms with Crippen LogP contribution in [0.5, 0.6) is 0 Å². The van der Waals surface area contributed by atoms with E-state index in [-0.39, 0.29) is 23.0 Å². The molecule has 1 heterocycles. The number of sulfone groups is 1. The summed E-state index contributed by atoms with van der Waals surface area (Å²) >= 11 is 0. The van der Waals surface area contributed by atoms with Crippen molar-refractivity contribution < 1.29 is 13.6 Å². The van der Waals surface area contributed by atoms with Gasteiger partial charge in [0.15, 0.2) is 9.84 Å². The zero-order chi connectivity index (χ0) is 15.2. The summed E-state index contributed by atoms with van der Waals surface area (Å²) in [4.78, 5) is 0. The number of unbranched alkanes of at least 4 members (excludes halogenated alkanes) is 1. The molecule has 1 aliphatic heterocycles. The second-order valence-corrected chi connectivity index (χ2v) is 8.46. The van der Waals surface area contributed by atoms with Crippen LogP contribution in [0.2, 0.25) is 0 Å². The minimum Gasteiger partial charge on any atom is -0.409 e. The van der Waals surface area contributed by atoms with E-state index < -0.39 is 9.84 Å². The van der Waals surface area contributed by atoms with Crippen molar-refractivity contribution in [2.45, 2.75) is 52.0 Å². The number of oxime groups is 1. The molecule has 0 saturated carbocycles. The van der Waals surface area contributed by atoms with Crippen molar-refractivity contribution in [2.75, 3.05) is 18.1 Å². The monoisotopic (exact) mass is 305 g/mol. The molecule has 1 fully saturated rings. The summed E-state index contributed by atoms with van der Waals surface area (Å²) in [5.74, 6) is 0.853. The summed E-state index contributed by atoms with van der Waals surface area (Å²) in [5, 5.41) is 15.1. The first-order valence-electron chi connectivity index (χ1n) is 7.19. The summed E-state index contributed by atoms with van der Waals surface area (Å²) < 4.78 is 23.0.